The Morgan fingerprint density at radius 3 is 2.68 bits per heavy atom. The fourth-order valence-electron chi connectivity index (χ4n) is 2.39. The summed E-state index contributed by atoms with van der Waals surface area (Å²) in [4.78, 5) is 23.2. The van der Waals surface area contributed by atoms with Gasteiger partial charge in [0.2, 0.25) is 5.88 Å². The van der Waals surface area contributed by atoms with E-state index < -0.39 is 15.7 Å². The SMILES string of the molecule is COc1ccc2c(n1)S(=O)c1nc3cc([N+](=O)[O-])c(Cl)cc3nc1N2. The number of hydrogen-bond acceptors (Lipinski definition) is 8. The van der Waals surface area contributed by atoms with Crippen molar-refractivity contribution in [3.05, 3.63) is 39.4 Å². The summed E-state index contributed by atoms with van der Waals surface area (Å²) < 4.78 is 17.8. The van der Waals surface area contributed by atoms with Crippen molar-refractivity contribution in [2.75, 3.05) is 12.4 Å². The number of benzene rings is 1. The van der Waals surface area contributed by atoms with E-state index in [4.69, 9.17) is 16.3 Å². The molecule has 0 aliphatic carbocycles. The summed E-state index contributed by atoms with van der Waals surface area (Å²) >= 11 is 5.91. The van der Waals surface area contributed by atoms with Gasteiger partial charge in [-0.1, -0.05) is 11.6 Å². The normalized spacial score (nSPS) is 15.2. The molecule has 9 nitrogen and oxygen atoms in total. The van der Waals surface area contributed by atoms with Gasteiger partial charge in [0, 0.05) is 12.1 Å². The van der Waals surface area contributed by atoms with E-state index in [9.17, 15) is 14.3 Å². The Labute approximate surface area is 147 Å². The highest BCUT2D eigenvalue weighted by molar-refractivity contribution is 7.85. The second-order valence-corrected chi connectivity index (χ2v) is 6.74. The monoisotopic (exact) mass is 377 g/mol. The highest BCUT2D eigenvalue weighted by Crippen LogP contribution is 2.37. The maximum Gasteiger partial charge on any atom is 0.290 e. The Kier molecular flexibility index (Phi) is 3.51. The van der Waals surface area contributed by atoms with Crippen LogP contribution in [0.4, 0.5) is 17.2 Å². The van der Waals surface area contributed by atoms with E-state index in [0.29, 0.717) is 17.1 Å². The Balaban J connectivity index is 1.92. The van der Waals surface area contributed by atoms with Crippen LogP contribution in [-0.2, 0) is 10.8 Å². The quantitative estimate of drug-likeness (QED) is 0.418. The van der Waals surface area contributed by atoms with Crippen LogP contribution in [0.2, 0.25) is 5.02 Å². The molecule has 1 unspecified atom stereocenters. The van der Waals surface area contributed by atoms with Crippen LogP contribution in [0.1, 0.15) is 0 Å². The van der Waals surface area contributed by atoms with E-state index >= 15 is 0 Å². The van der Waals surface area contributed by atoms with Crippen molar-refractivity contribution in [1.29, 1.82) is 0 Å². The minimum Gasteiger partial charge on any atom is -0.481 e. The number of anilines is 2. The molecule has 0 fully saturated rings. The van der Waals surface area contributed by atoms with Gasteiger partial charge in [-0.3, -0.25) is 10.1 Å². The number of nitro groups is 1. The summed E-state index contributed by atoms with van der Waals surface area (Å²) in [5.74, 6) is 0.601. The predicted molar refractivity (Wildman–Crippen MR) is 89.9 cm³/mol. The molecule has 1 aromatic carbocycles. The minimum absolute atomic E-state index is 0.0458. The van der Waals surface area contributed by atoms with Gasteiger partial charge >= 0.3 is 0 Å². The third-order valence-corrected chi connectivity index (χ3v) is 5.15. The van der Waals surface area contributed by atoms with E-state index in [0.717, 1.165) is 0 Å². The standard InChI is InChI=1S/C14H8ClN5O4S/c1-24-11-3-2-7-13(19-11)25(23)14-12(16-7)17-8-4-6(15)10(20(21)22)5-9(8)18-14/h2-5H,1H3,(H,16,17). The number of rotatable bonds is 2. The number of nitrogens with one attached hydrogen (secondary N) is 1. The molecule has 1 aliphatic rings. The van der Waals surface area contributed by atoms with Gasteiger partial charge in [0.15, 0.2) is 15.9 Å². The van der Waals surface area contributed by atoms with Crippen LogP contribution in [0.3, 0.4) is 0 Å². The summed E-state index contributed by atoms with van der Waals surface area (Å²) in [7, 11) is -0.254. The molecule has 0 amide bonds. The van der Waals surface area contributed by atoms with E-state index in [2.05, 4.69) is 20.3 Å². The molecule has 0 saturated carbocycles. The van der Waals surface area contributed by atoms with Gasteiger partial charge in [-0.15, -0.1) is 0 Å². The average molecular weight is 378 g/mol. The number of aromatic nitrogens is 3. The number of fused-ring (bicyclic) bond motifs is 3. The molecular weight excluding hydrogens is 370 g/mol. The molecular formula is C14H8ClN5O4S. The second-order valence-electron chi connectivity index (χ2n) is 5.03. The molecule has 0 spiro atoms. The van der Waals surface area contributed by atoms with Crippen molar-refractivity contribution in [3.8, 4) is 5.88 Å². The first-order chi connectivity index (χ1) is 12.0. The Bertz CT molecular complexity index is 1090. The fraction of sp³-hybridized carbons (Fsp3) is 0.0714. The number of halogens is 1. The minimum atomic E-state index is -1.71. The topological polar surface area (TPSA) is 120 Å². The van der Waals surface area contributed by atoms with Crippen LogP contribution in [0.25, 0.3) is 11.0 Å². The number of hydrogen-bond donors (Lipinski definition) is 1. The van der Waals surface area contributed by atoms with Crippen LogP contribution < -0.4 is 10.1 Å². The molecule has 3 aromatic rings. The first kappa shape index (κ1) is 15.7. The zero-order valence-electron chi connectivity index (χ0n) is 12.5. The summed E-state index contributed by atoms with van der Waals surface area (Å²) in [5, 5.41) is 14.4. The third kappa shape index (κ3) is 2.46. The molecule has 4 rings (SSSR count). The van der Waals surface area contributed by atoms with Crippen molar-refractivity contribution in [3.63, 3.8) is 0 Å². The molecule has 1 N–H and O–H groups in total. The second kappa shape index (κ2) is 5.60. The van der Waals surface area contributed by atoms with Gasteiger partial charge in [0.1, 0.15) is 15.8 Å². The summed E-state index contributed by atoms with van der Waals surface area (Å²) in [5.41, 5.74) is 0.798. The van der Waals surface area contributed by atoms with E-state index in [1.54, 1.807) is 12.1 Å². The zero-order valence-corrected chi connectivity index (χ0v) is 14.1. The van der Waals surface area contributed by atoms with Crippen LogP contribution in [0, 0.1) is 10.1 Å². The van der Waals surface area contributed by atoms with Crippen LogP contribution in [-0.4, -0.2) is 31.2 Å². The van der Waals surface area contributed by atoms with Crippen molar-refractivity contribution in [1.82, 2.24) is 15.0 Å². The lowest BCUT2D eigenvalue weighted by molar-refractivity contribution is -0.384. The lowest BCUT2D eigenvalue weighted by atomic mass is 10.2. The van der Waals surface area contributed by atoms with Gasteiger partial charge in [0.25, 0.3) is 5.69 Å². The number of nitro benzene ring substituents is 1. The van der Waals surface area contributed by atoms with Crippen molar-refractivity contribution < 1.29 is 13.9 Å². The first-order valence-corrected chi connectivity index (χ1v) is 8.40. The van der Waals surface area contributed by atoms with E-state index in [1.807, 2.05) is 0 Å². The molecule has 0 radical (unpaired) electrons. The zero-order chi connectivity index (χ0) is 17.7. The number of methoxy groups -OCH3 is 1. The molecule has 2 aromatic heterocycles. The lowest BCUT2D eigenvalue weighted by Gasteiger charge is -2.19. The molecule has 0 bridgehead atoms. The third-order valence-electron chi connectivity index (χ3n) is 3.55. The van der Waals surface area contributed by atoms with Crippen molar-refractivity contribution in [2.24, 2.45) is 0 Å². The summed E-state index contributed by atoms with van der Waals surface area (Å²) in [6.07, 6.45) is 0. The molecule has 11 heteroatoms. The highest BCUT2D eigenvalue weighted by Gasteiger charge is 2.28. The predicted octanol–water partition coefficient (Wildman–Crippen LogP) is 2.82. The molecule has 126 valence electrons. The lowest BCUT2D eigenvalue weighted by Crippen LogP contribution is -2.14. The van der Waals surface area contributed by atoms with Crippen LogP contribution >= 0.6 is 11.6 Å². The highest BCUT2D eigenvalue weighted by atomic mass is 35.5. The maximum atomic E-state index is 12.8. The Hall–Kier alpha value is -2.85. The largest absolute Gasteiger partial charge is 0.481 e. The number of pyridine rings is 1. The number of ether oxygens (including phenoxy) is 1. The summed E-state index contributed by atoms with van der Waals surface area (Å²) in [6.45, 7) is 0. The number of nitrogens with zero attached hydrogens (tertiary/aromatic N) is 4. The molecule has 1 atom stereocenters. The smallest absolute Gasteiger partial charge is 0.290 e. The molecule has 3 heterocycles. The summed E-state index contributed by atoms with van der Waals surface area (Å²) in [6, 6.07) is 5.87. The average Bonchev–Trinajstić information content (AvgIpc) is 2.59. The maximum absolute atomic E-state index is 12.8. The van der Waals surface area contributed by atoms with Crippen molar-refractivity contribution >= 4 is 50.6 Å². The fourth-order valence-corrected chi connectivity index (χ4v) is 3.75. The van der Waals surface area contributed by atoms with Gasteiger partial charge in [0.05, 0.1) is 28.8 Å². The van der Waals surface area contributed by atoms with Crippen LogP contribution in [0.15, 0.2) is 34.3 Å². The van der Waals surface area contributed by atoms with E-state index in [-0.39, 0.29) is 32.1 Å². The van der Waals surface area contributed by atoms with Gasteiger partial charge in [-0.2, -0.15) is 0 Å². The molecule has 1 aliphatic heterocycles. The Morgan fingerprint density at radius 2 is 1.96 bits per heavy atom. The Morgan fingerprint density at radius 1 is 1.20 bits per heavy atom. The van der Waals surface area contributed by atoms with Gasteiger partial charge < -0.3 is 10.1 Å². The van der Waals surface area contributed by atoms with Gasteiger partial charge in [-0.05, 0) is 12.1 Å². The van der Waals surface area contributed by atoms with Gasteiger partial charge in [-0.25, -0.2) is 19.2 Å². The van der Waals surface area contributed by atoms with Crippen LogP contribution in [0.5, 0.6) is 5.88 Å². The first-order valence-electron chi connectivity index (χ1n) is 6.87. The molecule has 25 heavy (non-hydrogen) atoms. The van der Waals surface area contributed by atoms with Crippen molar-refractivity contribution in [2.45, 2.75) is 10.1 Å². The van der Waals surface area contributed by atoms with E-state index in [1.165, 1.54) is 19.2 Å². The molecule has 0 saturated heterocycles.